The molecular weight excluding hydrogens is 212 g/mol. The highest BCUT2D eigenvalue weighted by molar-refractivity contribution is 6.99. The third-order valence-electron chi connectivity index (χ3n) is 1.50. The zero-order chi connectivity index (χ0) is 10.1. The number of aromatic nitrogens is 2. The molecule has 0 spiro atoms. The first-order valence-electron chi connectivity index (χ1n) is 3.49. The van der Waals surface area contributed by atoms with Crippen LogP contribution in [0.15, 0.2) is 0 Å². The lowest BCUT2D eigenvalue weighted by Gasteiger charge is -2.21. The maximum Gasteiger partial charge on any atom is 0.242 e. The number of nitrogens with one attached hydrogen (secondary N) is 1. The molecule has 0 bridgehead atoms. The van der Waals surface area contributed by atoms with Crippen LogP contribution in [-0.4, -0.2) is 20.2 Å². The average molecular weight is 221 g/mol. The van der Waals surface area contributed by atoms with Crippen LogP contribution in [0.1, 0.15) is 13.8 Å². The number of nitrogens with zero attached hydrogens (tertiary/aromatic N) is 2. The number of primary amides is 1. The lowest BCUT2D eigenvalue weighted by atomic mass is 10.1. The quantitative estimate of drug-likeness (QED) is 0.792. The van der Waals surface area contributed by atoms with Crippen molar-refractivity contribution in [2.24, 2.45) is 5.73 Å². The summed E-state index contributed by atoms with van der Waals surface area (Å²) in [5, 5.41) is 3.05. The maximum absolute atomic E-state index is 10.9. The van der Waals surface area contributed by atoms with Crippen molar-refractivity contribution in [1.82, 2.24) is 8.75 Å². The third kappa shape index (κ3) is 2.28. The zero-order valence-electron chi connectivity index (χ0n) is 7.17. The largest absolute Gasteiger partial charge is 0.368 e. The van der Waals surface area contributed by atoms with Crippen LogP contribution in [0.3, 0.4) is 0 Å². The van der Waals surface area contributed by atoms with Gasteiger partial charge in [0.05, 0.1) is 11.7 Å². The van der Waals surface area contributed by atoms with Crippen LogP contribution in [-0.2, 0) is 4.79 Å². The van der Waals surface area contributed by atoms with Crippen LogP contribution in [0.25, 0.3) is 0 Å². The van der Waals surface area contributed by atoms with Gasteiger partial charge in [0.1, 0.15) is 5.54 Å². The summed E-state index contributed by atoms with van der Waals surface area (Å²) in [5.41, 5.74) is 4.27. The highest BCUT2D eigenvalue weighted by Gasteiger charge is 2.26. The summed E-state index contributed by atoms with van der Waals surface area (Å²) >= 11 is 6.64. The minimum atomic E-state index is -0.876. The molecule has 0 saturated heterocycles. The Kier molecular flexibility index (Phi) is 2.72. The topological polar surface area (TPSA) is 80.9 Å². The molecule has 0 saturated carbocycles. The Morgan fingerprint density at radius 2 is 2.23 bits per heavy atom. The number of carbonyl (C=O) groups excluding carboxylic acids is 1. The fraction of sp³-hybridized carbons (Fsp3) is 0.500. The van der Waals surface area contributed by atoms with Crippen LogP contribution in [0.2, 0.25) is 5.15 Å². The summed E-state index contributed by atoms with van der Waals surface area (Å²) < 4.78 is 7.60. The van der Waals surface area contributed by atoms with Crippen LogP contribution < -0.4 is 11.1 Å². The minimum Gasteiger partial charge on any atom is -0.368 e. The summed E-state index contributed by atoms with van der Waals surface area (Å²) in [6.07, 6.45) is 0. The summed E-state index contributed by atoms with van der Waals surface area (Å²) in [6.45, 7) is 3.29. The van der Waals surface area contributed by atoms with E-state index in [2.05, 4.69) is 14.1 Å². The summed E-state index contributed by atoms with van der Waals surface area (Å²) in [6, 6.07) is 0. The van der Waals surface area contributed by atoms with E-state index in [1.807, 2.05) is 0 Å². The van der Waals surface area contributed by atoms with Crippen molar-refractivity contribution in [2.45, 2.75) is 19.4 Å². The van der Waals surface area contributed by atoms with Crippen LogP contribution in [0.4, 0.5) is 5.82 Å². The molecule has 0 unspecified atom stereocenters. The minimum absolute atomic E-state index is 0.249. The number of nitrogens with two attached hydrogens (primary N) is 1. The summed E-state index contributed by atoms with van der Waals surface area (Å²) in [5.74, 6) is -0.0907. The van der Waals surface area contributed by atoms with Gasteiger partial charge in [-0.25, -0.2) is 0 Å². The Morgan fingerprint density at radius 3 is 2.62 bits per heavy atom. The van der Waals surface area contributed by atoms with Crippen LogP contribution in [0.5, 0.6) is 0 Å². The number of halogens is 1. The predicted molar refractivity (Wildman–Crippen MR) is 51.8 cm³/mol. The van der Waals surface area contributed by atoms with Crippen LogP contribution in [0, 0.1) is 0 Å². The van der Waals surface area contributed by atoms with Gasteiger partial charge in [0.15, 0.2) is 11.0 Å². The maximum atomic E-state index is 10.9. The lowest BCUT2D eigenvalue weighted by Crippen LogP contribution is -2.45. The molecule has 72 valence electrons. The third-order valence-corrected chi connectivity index (χ3v) is 2.39. The first-order chi connectivity index (χ1) is 5.93. The first-order valence-corrected chi connectivity index (χ1v) is 4.60. The molecule has 0 aliphatic carbocycles. The number of anilines is 1. The van der Waals surface area contributed by atoms with Crippen molar-refractivity contribution in [3.8, 4) is 0 Å². The van der Waals surface area contributed by atoms with Crippen molar-refractivity contribution in [2.75, 3.05) is 5.32 Å². The second-order valence-corrected chi connectivity index (χ2v) is 3.90. The molecule has 1 heterocycles. The van der Waals surface area contributed by atoms with E-state index >= 15 is 0 Å². The van der Waals surface area contributed by atoms with E-state index in [9.17, 15) is 4.79 Å². The number of rotatable bonds is 3. The van der Waals surface area contributed by atoms with E-state index in [4.69, 9.17) is 17.3 Å². The van der Waals surface area contributed by atoms with Crippen molar-refractivity contribution in [3.63, 3.8) is 0 Å². The van der Waals surface area contributed by atoms with Crippen molar-refractivity contribution in [3.05, 3.63) is 5.15 Å². The normalized spacial score (nSPS) is 11.3. The Labute approximate surface area is 84.6 Å². The molecular formula is C6H9ClN4OS. The summed E-state index contributed by atoms with van der Waals surface area (Å²) in [4.78, 5) is 10.9. The average Bonchev–Trinajstić information content (AvgIpc) is 2.35. The van der Waals surface area contributed by atoms with E-state index in [1.54, 1.807) is 13.8 Å². The van der Waals surface area contributed by atoms with Gasteiger partial charge < -0.3 is 11.1 Å². The van der Waals surface area contributed by atoms with Crippen molar-refractivity contribution >= 4 is 35.1 Å². The first kappa shape index (κ1) is 10.2. The van der Waals surface area contributed by atoms with E-state index < -0.39 is 11.4 Å². The van der Waals surface area contributed by atoms with Gasteiger partial charge in [-0.2, -0.15) is 8.75 Å². The highest BCUT2D eigenvalue weighted by Crippen LogP contribution is 2.21. The number of hydrogen-bond acceptors (Lipinski definition) is 5. The molecule has 0 aromatic carbocycles. The fourth-order valence-electron chi connectivity index (χ4n) is 0.610. The molecule has 0 atom stereocenters. The molecule has 7 heteroatoms. The van der Waals surface area contributed by atoms with Gasteiger partial charge >= 0.3 is 0 Å². The van der Waals surface area contributed by atoms with E-state index in [0.29, 0.717) is 5.82 Å². The molecule has 0 aliphatic heterocycles. The SMILES string of the molecule is CC(C)(Nc1nsnc1Cl)C(N)=O. The molecule has 1 rings (SSSR count). The molecule has 0 fully saturated rings. The highest BCUT2D eigenvalue weighted by atomic mass is 35.5. The standard InChI is InChI=1S/C6H9ClN4OS/c1-6(2,5(8)12)9-4-3(7)10-13-11-4/h1-2H3,(H2,8,12)(H,9,11). The Morgan fingerprint density at radius 1 is 1.62 bits per heavy atom. The molecule has 5 nitrogen and oxygen atoms in total. The Bertz CT molecular complexity index is 324. The van der Waals surface area contributed by atoms with E-state index in [0.717, 1.165) is 11.7 Å². The smallest absolute Gasteiger partial charge is 0.242 e. The predicted octanol–water partition coefficient (Wildman–Crippen LogP) is 0.867. The van der Waals surface area contributed by atoms with Gasteiger partial charge in [-0.05, 0) is 13.8 Å². The summed E-state index contributed by atoms with van der Waals surface area (Å²) in [7, 11) is 0. The van der Waals surface area contributed by atoms with Gasteiger partial charge in [-0.1, -0.05) is 11.6 Å². The van der Waals surface area contributed by atoms with E-state index in [1.165, 1.54) is 0 Å². The second-order valence-electron chi connectivity index (χ2n) is 3.02. The van der Waals surface area contributed by atoms with Gasteiger partial charge in [0.25, 0.3) is 0 Å². The van der Waals surface area contributed by atoms with Gasteiger partial charge in [-0.3, -0.25) is 4.79 Å². The molecule has 1 aromatic rings. The Hall–Kier alpha value is -0.880. The molecule has 0 radical (unpaired) electrons. The number of hydrogen-bond donors (Lipinski definition) is 2. The van der Waals surface area contributed by atoms with Crippen molar-refractivity contribution in [1.29, 1.82) is 0 Å². The second kappa shape index (κ2) is 3.47. The monoisotopic (exact) mass is 220 g/mol. The number of amides is 1. The van der Waals surface area contributed by atoms with Gasteiger partial charge in [-0.15, -0.1) is 0 Å². The molecule has 1 aromatic heterocycles. The van der Waals surface area contributed by atoms with Crippen LogP contribution >= 0.6 is 23.3 Å². The lowest BCUT2D eigenvalue weighted by molar-refractivity contribution is -0.121. The molecule has 13 heavy (non-hydrogen) atoms. The Balaban J connectivity index is 2.80. The van der Waals surface area contributed by atoms with E-state index in [-0.39, 0.29) is 5.15 Å². The molecule has 1 amide bonds. The van der Waals surface area contributed by atoms with Gasteiger partial charge in [0.2, 0.25) is 5.91 Å². The molecule has 3 N–H and O–H groups in total. The van der Waals surface area contributed by atoms with Gasteiger partial charge in [0, 0.05) is 0 Å². The molecule has 0 aliphatic rings. The zero-order valence-corrected chi connectivity index (χ0v) is 8.74. The van der Waals surface area contributed by atoms with Crippen molar-refractivity contribution < 1.29 is 4.79 Å². The number of carbonyl (C=O) groups is 1. The fourth-order valence-corrected chi connectivity index (χ4v) is 1.25.